The number of hydrogen-bond donors (Lipinski definition) is 3. The number of nitrogens with zero attached hydrogens (tertiary/aromatic N) is 1. The molecule has 116 valence electrons. The van der Waals surface area contributed by atoms with Gasteiger partial charge in [-0.3, -0.25) is 10.2 Å². The van der Waals surface area contributed by atoms with Gasteiger partial charge in [0.1, 0.15) is 0 Å². The van der Waals surface area contributed by atoms with Gasteiger partial charge in [-0.1, -0.05) is 42.5 Å². The molecule has 3 N–H and O–H groups in total. The maximum Gasteiger partial charge on any atom is 0.226 e. The first-order valence-corrected chi connectivity index (χ1v) is 7.58. The molecule has 0 bridgehead atoms. The number of carbonyl (C=O) groups is 1. The summed E-state index contributed by atoms with van der Waals surface area (Å²) in [5.41, 5.74) is 8.84. The van der Waals surface area contributed by atoms with Crippen LogP contribution in [0.15, 0.2) is 54.6 Å². The third-order valence-electron chi connectivity index (χ3n) is 4.00. The van der Waals surface area contributed by atoms with Crippen LogP contribution in [0.5, 0.6) is 0 Å². The van der Waals surface area contributed by atoms with Crippen LogP contribution < -0.4 is 16.2 Å². The van der Waals surface area contributed by atoms with Crippen LogP contribution in [0.25, 0.3) is 0 Å². The fourth-order valence-electron chi connectivity index (χ4n) is 2.79. The van der Waals surface area contributed by atoms with Crippen molar-refractivity contribution < 1.29 is 4.79 Å². The number of hydrogen-bond acceptors (Lipinski definition) is 4. The van der Waals surface area contributed by atoms with E-state index in [2.05, 4.69) is 22.2 Å². The molecule has 2 aromatic carbocycles. The summed E-state index contributed by atoms with van der Waals surface area (Å²) >= 11 is 0. The summed E-state index contributed by atoms with van der Waals surface area (Å²) in [7, 11) is 0. The van der Waals surface area contributed by atoms with Crippen LogP contribution in [0.2, 0.25) is 0 Å². The number of carbonyl (C=O) groups excluding carboxylic acids is 1. The zero-order chi connectivity index (χ0) is 16.1. The second kappa shape index (κ2) is 7.05. The Labute approximate surface area is 135 Å². The molecule has 1 aliphatic rings. The Balaban J connectivity index is 1.64. The molecule has 5 heteroatoms. The van der Waals surface area contributed by atoms with E-state index in [9.17, 15) is 4.79 Å². The Morgan fingerprint density at radius 1 is 1.22 bits per heavy atom. The monoisotopic (exact) mass is 306 g/mol. The van der Waals surface area contributed by atoms with E-state index in [4.69, 9.17) is 5.26 Å². The van der Waals surface area contributed by atoms with Gasteiger partial charge in [0, 0.05) is 13.1 Å². The van der Waals surface area contributed by atoms with Crippen LogP contribution >= 0.6 is 0 Å². The largest absolute Gasteiger partial charge is 0.352 e. The molecule has 0 radical (unpaired) electrons. The molecule has 0 spiro atoms. The average Bonchev–Trinajstić information content (AvgIpc) is 3.10. The van der Waals surface area contributed by atoms with E-state index in [1.54, 1.807) is 12.1 Å². The zero-order valence-corrected chi connectivity index (χ0v) is 12.6. The van der Waals surface area contributed by atoms with Crippen LogP contribution in [0.1, 0.15) is 22.7 Å². The highest BCUT2D eigenvalue weighted by Gasteiger charge is 2.33. The first kappa shape index (κ1) is 15.2. The molecule has 0 saturated carbocycles. The highest BCUT2D eigenvalue weighted by Crippen LogP contribution is 2.24. The van der Waals surface area contributed by atoms with E-state index >= 15 is 0 Å². The van der Waals surface area contributed by atoms with Gasteiger partial charge < -0.3 is 5.32 Å². The predicted octanol–water partition coefficient (Wildman–Crippen LogP) is 1.64. The van der Waals surface area contributed by atoms with Gasteiger partial charge in [-0.15, -0.1) is 0 Å². The van der Waals surface area contributed by atoms with Gasteiger partial charge in [-0.05, 0) is 23.3 Å². The summed E-state index contributed by atoms with van der Waals surface area (Å²) in [4.78, 5) is 12.5. The summed E-state index contributed by atoms with van der Waals surface area (Å²) in [6, 6.07) is 19.3. The first-order chi connectivity index (χ1) is 11.3. The van der Waals surface area contributed by atoms with Crippen molar-refractivity contribution in [3.63, 3.8) is 0 Å². The highest BCUT2D eigenvalue weighted by atomic mass is 16.2. The van der Waals surface area contributed by atoms with Gasteiger partial charge in [-0.2, -0.15) is 5.26 Å². The Morgan fingerprint density at radius 3 is 2.83 bits per heavy atom. The summed E-state index contributed by atoms with van der Waals surface area (Å²) in [5.74, 6) is -0.171. The van der Waals surface area contributed by atoms with Crippen molar-refractivity contribution in [2.45, 2.75) is 12.6 Å². The number of amides is 1. The minimum Gasteiger partial charge on any atom is -0.352 e. The van der Waals surface area contributed by atoms with E-state index in [1.807, 2.05) is 42.5 Å². The molecule has 2 aromatic rings. The highest BCUT2D eigenvalue weighted by molar-refractivity contribution is 5.80. The standard InChI is InChI=1S/C18H18N4O/c19-10-13-5-4-6-14(9-13)11-20-18(23)16-12-21-22-17(16)15-7-2-1-3-8-15/h1-9,16-17,21-22H,11-12H2,(H,20,23). The minimum atomic E-state index is -0.170. The fourth-order valence-corrected chi connectivity index (χ4v) is 2.79. The molecule has 2 unspecified atom stereocenters. The number of benzene rings is 2. The first-order valence-electron chi connectivity index (χ1n) is 7.58. The molecule has 23 heavy (non-hydrogen) atoms. The van der Waals surface area contributed by atoms with Crippen molar-refractivity contribution in [2.75, 3.05) is 6.54 Å². The van der Waals surface area contributed by atoms with E-state index in [0.29, 0.717) is 18.7 Å². The van der Waals surface area contributed by atoms with Crippen LogP contribution in [-0.4, -0.2) is 12.5 Å². The molecule has 1 amide bonds. The summed E-state index contributed by atoms with van der Waals surface area (Å²) in [5, 5.41) is 11.9. The van der Waals surface area contributed by atoms with E-state index in [1.165, 1.54) is 0 Å². The Hall–Kier alpha value is -2.68. The van der Waals surface area contributed by atoms with E-state index in [0.717, 1.165) is 11.1 Å². The van der Waals surface area contributed by atoms with Crippen LogP contribution in [0, 0.1) is 17.2 Å². The quantitative estimate of drug-likeness (QED) is 0.802. The van der Waals surface area contributed by atoms with Gasteiger partial charge in [-0.25, -0.2) is 5.43 Å². The minimum absolute atomic E-state index is 0.00119. The molecular formula is C18H18N4O. The second-order valence-corrected chi connectivity index (χ2v) is 5.55. The van der Waals surface area contributed by atoms with Gasteiger partial charge in [0.2, 0.25) is 5.91 Å². The van der Waals surface area contributed by atoms with Crippen molar-refractivity contribution in [3.8, 4) is 6.07 Å². The lowest BCUT2D eigenvalue weighted by atomic mass is 9.94. The van der Waals surface area contributed by atoms with Gasteiger partial charge in [0.05, 0.1) is 23.6 Å². The molecule has 0 aliphatic carbocycles. The average molecular weight is 306 g/mol. The topological polar surface area (TPSA) is 77.0 Å². The van der Waals surface area contributed by atoms with Crippen molar-refractivity contribution >= 4 is 5.91 Å². The van der Waals surface area contributed by atoms with Crippen molar-refractivity contribution in [2.24, 2.45) is 5.92 Å². The molecule has 2 atom stereocenters. The molecule has 0 aromatic heterocycles. The summed E-state index contributed by atoms with van der Waals surface area (Å²) in [6.07, 6.45) is 0. The number of nitrogens with one attached hydrogen (secondary N) is 3. The zero-order valence-electron chi connectivity index (χ0n) is 12.6. The Morgan fingerprint density at radius 2 is 2.04 bits per heavy atom. The summed E-state index contributed by atoms with van der Waals surface area (Å²) < 4.78 is 0. The molecule has 1 aliphatic heterocycles. The fraction of sp³-hybridized carbons (Fsp3) is 0.222. The van der Waals surface area contributed by atoms with E-state index in [-0.39, 0.29) is 17.9 Å². The lowest BCUT2D eigenvalue weighted by Gasteiger charge is -2.18. The van der Waals surface area contributed by atoms with Gasteiger partial charge in [0.25, 0.3) is 0 Å². The van der Waals surface area contributed by atoms with Crippen molar-refractivity contribution in [1.29, 1.82) is 5.26 Å². The van der Waals surface area contributed by atoms with Crippen molar-refractivity contribution in [1.82, 2.24) is 16.2 Å². The SMILES string of the molecule is N#Cc1cccc(CNC(=O)C2CNNC2c2ccccc2)c1. The lowest BCUT2D eigenvalue weighted by Crippen LogP contribution is -2.34. The Kier molecular flexibility index (Phi) is 4.67. The maximum absolute atomic E-state index is 12.5. The van der Waals surface area contributed by atoms with Gasteiger partial charge in [0.15, 0.2) is 0 Å². The number of rotatable bonds is 4. The molecule has 1 fully saturated rings. The third kappa shape index (κ3) is 3.57. The molecule has 3 rings (SSSR count). The van der Waals surface area contributed by atoms with E-state index < -0.39 is 0 Å². The molecule has 5 nitrogen and oxygen atoms in total. The lowest BCUT2D eigenvalue weighted by molar-refractivity contribution is -0.125. The number of hydrazine groups is 1. The molecule has 1 heterocycles. The predicted molar refractivity (Wildman–Crippen MR) is 86.8 cm³/mol. The van der Waals surface area contributed by atoms with Gasteiger partial charge >= 0.3 is 0 Å². The third-order valence-corrected chi connectivity index (χ3v) is 4.00. The maximum atomic E-state index is 12.5. The normalized spacial score (nSPS) is 20.0. The van der Waals surface area contributed by atoms with Crippen LogP contribution in [0.4, 0.5) is 0 Å². The van der Waals surface area contributed by atoms with Crippen LogP contribution in [-0.2, 0) is 11.3 Å². The Bertz CT molecular complexity index is 723. The summed E-state index contributed by atoms with van der Waals surface area (Å²) in [6.45, 7) is 1.01. The van der Waals surface area contributed by atoms with Crippen molar-refractivity contribution in [3.05, 3.63) is 71.3 Å². The smallest absolute Gasteiger partial charge is 0.226 e. The molecular weight excluding hydrogens is 288 g/mol. The molecule has 1 saturated heterocycles. The second-order valence-electron chi connectivity index (χ2n) is 5.55. The number of nitriles is 1. The van der Waals surface area contributed by atoms with Crippen LogP contribution in [0.3, 0.4) is 0 Å².